The molecule has 0 bridgehead atoms. The van der Waals surface area contributed by atoms with Crippen molar-refractivity contribution in [2.75, 3.05) is 13.2 Å². The van der Waals surface area contributed by atoms with Gasteiger partial charge in [0.2, 0.25) is 5.91 Å². The molecule has 0 unspecified atom stereocenters. The maximum Gasteiger partial charge on any atom is 0.236 e. The maximum atomic E-state index is 11.8. The minimum Gasteiger partial charge on any atom is -0.494 e. The number of carbonyl (C=O) groups is 1. The van der Waals surface area contributed by atoms with Crippen molar-refractivity contribution in [1.29, 1.82) is 0 Å². The van der Waals surface area contributed by atoms with E-state index in [1.165, 1.54) is 5.56 Å². The minimum absolute atomic E-state index is 0. The van der Waals surface area contributed by atoms with Crippen molar-refractivity contribution in [2.24, 2.45) is 11.7 Å². The van der Waals surface area contributed by atoms with Gasteiger partial charge in [0.1, 0.15) is 5.75 Å². The Bertz CT molecular complexity index is 435. The van der Waals surface area contributed by atoms with Crippen LogP contribution in [0.4, 0.5) is 0 Å². The Morgan fingerprint density at radius 3 is 2.48 bits per heavy atom. The van der Waals surface area contributed by atoms with Gasteiger partial charge in [-0.15, -0.1) is 12.4 Å². The lowest BCUT2D eigenvalue weighted by atomic mass is 10.0. The summed E-state index contributed by atoms with van der Waals surface area (Å²) in [6, 6.07) is 7.65. The molecule has 1 aromatic carbocycles. The molecule has 1 aromatic rings. The number of hydrogen-bond donors (Lipinski definition) is 2. The Hall–Kier alpha value is -1.26. The molecule has 3 N–H and O–H groups in total. The first-order chi connectivity index (χ1) is 10.5. The first-order valence-electron chi connectivity index (χ1n) is 8.28. The fourth-order valence-corrected chi connectivity index (χ4v) is 2.16. The van der Waals surface area contributed by atoms with E-state index in [0.29, 0.717) is 12.5 Å². The van der Waals surface area contributed by atoms with Gasteiger partial charge in [-0.3, -0.25) is 4.79 Å². The molecule has 0 heterocycles. The van der Waals surface area contributed by atoms with Crippen molar-refractivity contribution in [3.8, 4) is 5.75 Å². The molecule has 0 aliphatic heterocycles. The van der Waals surface area contributed by atoms with E-state index in [2.05, 4.69) is 26.1 Å². The predicted molar refractivity (Wildman–Crippen MR) is 98.2 cm³/mol. The number of nitrogens with one attached hydrogen (secondary N) is 1. The number of benzene rings is 1. The van der Waals surface area contributed by atoms with E-state index in [0.717, 1.165) is 38.0 Å². The number of rotatable bonds is 10. The molecule has 0 aromatic heterocycles. The summed E-state index contributed by atoms with van der Waals surface area (Å²) in [6.45, 7) is 7.66. The Balaban J connectivity index is 0.00000484. The molecule has 5 heteroatoms. The van der Waals surface area contributed by atoms with Crippen molar-refractivity contribution >= 4 is 18.3 Å². The van der Waals surface area contributed by atoms with E-state index in [9.17, 15) is 4.79 Å². The van der Waals surface area contributed by atoms with Crippen molar-refractivity contribution in [2.45, 2.75) is 52.5 Å². The van der Waals surface area contributed by atoms with Crippen LogP contribution in [0.25, 0.3) is 0 Å². The molecular weight excluding hydrogens is 312 g/mol. The molecule has 0 saturated heterocycles. The number of amides is 1. The monoisotopic (exact) mass is 342 g/mol. The third-order valence-corrected chi connectivity index (χ3v) is 3.46. The SMILES string of the molecule is CCCCOc1ccc(CCNC(=O)[C@@H](N)CC(C)C)cc1.Cl. The highest BCUT2D eigenvalue weighted by atomic mass is 35.5. The van der Waals surface area contributed by atoms with Crippen LogP contribution in [0.5, 0.6) is 5.75 Å². The van der Waals surface area contributed by atoms with Crippen LogP contribution in [0.3, 0.4) is 0 Å². The van der Waals surface area contributed by atoms with Crippen LogP contribution in [-0.4, -0.2) is 25.1 Å². The molecule has 1 amide bonds. The number of ether oxygens (including phenoxy) is 1. The number of halogens is 1. The van der Waals surface area contributed by atoms with Gasteiger partial charge in [0.25, 0.3) is 0 Å². The lowest BCUT2D eigenvalue weighted by Crippen LogP contribution is -2.42. The molecule has 1 rings (SSSR count). The molecule has 23 heavy (non-hydrogen) atoms. The van der Waals surface area contributed by atoms with E-state index in [-0.39, 0.29) is 18.3 Å². The smallest absolute Gasteiger partial charge is 0.236 e. The summed E-state index contributed by atoms with van der Waals surface area (Å²) in [4.78, 5) is 11.8. The third kappa shape index (κ3) is 9.47. The van der Waals surface area contributed by atoms with Gasteiger partial charge in [-0.2, -0.15) is 0 Å². The molecule has 0 fully saturated rings. The zero-order chi connectivity index (χ0) is 16.4. The predicted octanol–water partition coefficient (Wildman–Crippen LogP) is 3.32. The Labute approximate surface area is 146 Å². The lowest BCUT2D eigenvalue weighted by Gasteiger charge is -2.14. The van der Waals surface area contributed by atoms with Crippen LogP contribution in [-0.2, 0) is 11.2 Å². The zero-order valence-electron chi connectivity index (χ0n) is 14.5. The normalized spacial score (nSPS) is 11.7. The maximum absolute atomic E-state index is 11.8. The molecule has 0 spiro atoms. The average Bonchev–Trinajstić information content (AvgIpc) is 2.48. The van der Waals surface area contributed by atoms with Gasteiger partial charge >= 0.3 is 0 Å². The van der Waals surface area contributed by atoms with E-state index in [1.807, 2.05) is 24.3 Å². The minimum atomic E-state index is -0.408. The summed E-state index contributed by atoms with van der Waals surface area (Å²) in [5.41, 5.74) is 7.03. The summed E-state index contributed by atoms with van der Waals surface area (Å²) in [5.74, 6) is 1.27. The van der Waals surface area contributed by atoms with Crippen molar-refractivity contribution < 1.29 is 9.53 Å². The highest BCUT2D eigenvalue weighted by molar-refractivity contribution is 5.85. The number of hydrogen-bond acceptors (Lipinski definition) is 3. The second-order valence-corrected chi connectivity index (χ2v) is 6.12. The molecule has 0 aliphatic rings. The largest absolute Gasteiger partial charge is 0.494 e. The second-order valence-electron chi connectivity index (χ2n) is 6.12. The van der Waals surface area contributed by atoms with Gasteiger partial charge in [0.05, 0.1) is 12.6 Å². The van der Waals surface area contributed by atoms with Crippen molar-refractivity contribution in [1.82, 2.24) is 5.32 Å². The van der Waals surface area contributed by atoms with Crippen LogP contribution < -0.4 is 15.8 Å². The number of carbonyl (C=O) groups excluding carboxylic acids is 1. The topological polar surface area (TPSA) is 64.3 Å². The Kier molecular flexibility index (Phi) is 11.5. The van der Waals surface area contributed by atoms with E-state index in [4.69, 9.17) is 10.5 Å². The van der Waals surface area contributed by atoms with Gasteiger partial charge in [0, 0.05) is 6.54 Å². The van der Waals surface area contributed by atoms with Crippen LogP contribution in [0.2, 0.25) is 0 Å². The molecular formula is C18H31ClN2O2. The fourth-order valence-electron chi connectivity index (χ4n) is 2.16. The van der Waals surface area contributed by atoms with Crippen LogP contribution in [0.1, 0.15) is 45.6 Å². The van der Waals surface area contributed by atoms with Crippen LogP contribution in [0, 0.1) is 5.92 Å². The Morgan fingerprint density at radius 2 is 1.91 bits per heavy atom. The molecule has 1 atom stereocenters. The first kappa shape index (κ1) is 21.7. The van der Waals surface area contributed by atoms with E-state index in [1.54, 1.807) is 0 Å². The summed E-state index contributed by atoms with van der Waals surface area (Å²) >= 11 is 0. The van der Waals surface area contributed by atoms with Gasteiger partial charge in [-0.1, -0.05) is 39.3 Å². The highest BCUT2D eigenvalue weighted by Gasteiger charge is 2.13. The fraction of sp³-hybridized carbons (Fsp3) is 0.611. The molecule has 0 aliphatic carbocycles. The van der Waals surface area contributed by atoms with Crippen molar-refractivity contribution in [3.05, 3.63) is 29.8 Å². The zero-order valence-corrected chi connectivity index (χ0v) is 15.3. The molecule has 132 valence electrons. The van der Waals surface area contributed by atoms with Gasteiger partial charge in [-0.25, -0.2) is 0 Å². The van der Waals surface area contributed by atoms with Gasteiger partial charge in [0.15, 0.2) is 0 Å². The highest BCUT2D eigenvalue weighted by Crippen LogP contribution is 2.13. The third-order valence-electron chi connectivity index (χ3n) is 3.46. The summed E-state index contributed by atoms with van der Waals surface area (Å²) in [7, 11) is 0. The van der Waals surface area contributed by atoms with Gasteiger partial charge in [-0.05, 0) is 42.9 Å². The van der Waals surface area contributed by atoms with E-state index >= 15 is 0 Å². The quantitative estimate of drug-likeness (QED) is 0.641. The Morgan fingerprint density at radius 1 is 1.26 bits per heavy atom. The molecule has 0 saturated carbocycles. The van der Waals surface area contributed by atoms with Crippen molar-refractivity contribution in [3.63, 3.8) is 0 Å². The second kappa shape index (κ2) is 12.2. The summed E-state index contributed by atoms with van der Waals surface area (Å²) in [5, 5.41) is 2.90. The van der Waals surface area contributed by atoms with Gasteiger partial charge < -0.3 is 15.8 Å². The first-order valence-corrected chi connectivity index (χ1v) is 8.28. The summed E-state index contributed by atoms with van der Waals surface area (Å²) < 4.78 is 5.63. The van der Waals surface area contributed by atoms with Crippen LogP contribution in [0.15, 0.2) is 24.3 Å². The van der Waals surface area contributed by atoms with Crippen LogP contribution >= 0.6 is 12.4 Å². The standard InChI is InChI=1S/C18H30N2O2.ClH/c1-4-5-12-22-16-8-6-15(7-9-16)10-11-20-18(21)17(19)13-14(2)3;/h6-9,14,17H,4-5,10-13,19H2,1-3H3,(H,20,21);1H/t17-;/m0./s1. The molecule has 0 radical (unpaired) electrons. The average molecular weight is 343 g/mol. The summed E-state index contributed by atoms with van der Waals surface area (Å²) in [6.07, 6.45) is 3.73. The van der Waals surface area contributed by atoms with E-state index < -0.39 is 6.04 Å². The molecule has 4 nitrogen and oxygen atoms in total. The number of unbranched alkanes of at least 4 members (excludes halogenated alkanes) is 1. The lowest BCUT2D eigenvalue weighted by molar-refractivity contribution is -0.122. The number of nitrogens with two attached hydrogens (primary N) is 1.